The molecule has 0 fully saturated rings. The summed E-state index contributed by atoms with van der Waals surface area (Å²) in [5.41, 5.74) is 7.12. The van der Waals surface area contributed by atoms with Crippen molar-refractivity contribution in [1.29, 1.82) is 0 Å². The zero-order valence-electron chi connectivity index (χ0n) is 12.1. The predicted molar refractivity (Wildman–Crippen MR) is 92.9 cm³/mol. The van der Waals surface area contributed by atoms with Crippen LogP contribution in [-0.4, -0.2) is 11.2 Å². The second-order valence-electron chi connectivity index (χ2n) is 5.23. The van der Waals surface area contributed by atoms with E-state index < -0.39 is 6.04 Å². The molecular weight excluding hydrogens is 290 g/mol. The Bertz CT molecular complexity index is 786. The number of hydrogen-bond donors (Lipinski definition) is 1. The van der Waals surface area contributed by atoms with Crippen molar-refractivity contribution in [2.75, 3.05) is 0 Å². The molecule has 0 spiro atoms. The highest BCUT2D eigenvalue weighted by Crippen LogP contribution is 2.25. The lowest BCUT2D eigenvalue weighted by Crippen LogP contribution is -2.30. The summed E-state index contributed by atoms with van der Waals surface area (Å²) in [5.74, 6) is 0. The predicted octanol–water partition coefficient (Wildman–Crippen LogP) is 4.03. The SMILES string of the molecule is N[C@@H](Cc1ccccc1)C(=O)Sc1ccc2ccccc2c1. The van der Waals surface area contributed by atoms with Gasteiger partial charge in [0, 0.05) is 4.90 Å². The van der Waals surface area contributed by atoms with Crippen molar-refractivity contribution in [2.24, 2.45) is 5.73 Å². The second kappa shape index (κ2) is 6.77. The molecule has 0 aliphatic rings. The average Bonchev–Trinajstić information content (AvgIpc) is 2.55. The minimum atomic E-state index is -0.487. The Morgan fingerprint density at radius 2 is 1.59 bits per heavy atom. The summed E-state index contributed by atoms with van der Waals surface area (Å²) in [4.78, 5) is 13.2. The molecule has 0 saturated heterocycles. The Labute approximate surface area is 134 Å². The second-order valence-corrected chi connectivity index (χ2v) is 6.30. The van der Waals surface area contributed by atoms with Crippen LogP contribution in [0.4, 0.5) is 0 Å². The molecule has 3 aromatic rings. The van der Waals surface area contributed by atoms with E-state index in [1.54, 1.807) is 0 Å². The maximum atomic E-state index is 12.3. The largest absolute Gasteiger partial charge is 0.320 e. The third-order valence-corrected chi connectivity index (χ3v) is 4.53. The van der Waals surface area contributed by atoms with E-state index in [1.807, 2.05) is 66.7 Å². The third kappa shape index (κ3) is 3.56. The van der Waals surface area contributed by atoms with Crippen molar-refractivity contribution in [2.45, 2.75) is 17.4 Å². The first-order valence-electron chi connectivity index (χ1n) is 7.22. The summed E-state index contributed by atoms with van der Waals surface area (Å²) in [5, 5.41) is 2.31. The first-order chi connectivity index (χ1) is 10.7. The molecule has 0 unspecified atom stereocenters. The first-order valence-corrected chi connectivity index (χ1v) is 8.04. The number of thioether (sulfide) groups is 1. The Kier molecular flexibility index (Phi) is 4.56. The molecule has 0 bridgehead atoms. The van der Waals surface area contributed by atoms with Gasteiger partial charge in [0.15, 0.2) is 0 Å². The van der Waals surface area contributed by atoms with E-state index >= 15 is 0 Å². The van der Waals surface area contributed by atoms with Gasteiger partial charge in [0.2, 0.25) is 5.12 Å². The Balaban J connectivity index is 1.69. The molecule has 3 aromatic carbocycles. The molecule has 110 valence electrons. The molecule has 0 amide bonds. The summed E-state index contributed by atoms with van der Waals surface area (Å²) >= 11 is 1.22. The number of carbonyl (C=O) groups excluding carboxylic acids is 1. The van der Waals surface area contributed by atoms with Crippen molar-refractivity contribution in [3.63, 3.8) is 0 Å². The molecule has 0 aliphatic heterocycles. The number of hydrogen-bond acceptors (Lipinski definition) is 3. The fraction of sp³-hybridized carbons (Fsp3) is 0.105. The van der Waals surface area contributed by atoms with Gasteiger partial charge in [-0.25, -0.2) is 0 Å². The lowest BCUT2D eigenvalue weighted by Gasteiger charge is -2.10. The number of carbonyl (C=O) groups is 1. The fourth-order valence-electron chi connectivity index (χ4n) is 2.37. The Morgan fingerprint density at radius 1 is 0.909 bits per heavy atom. The van der Waals surface area contributed by atoms with E-state index in [0.717, 1.165) is 15.8 Å². The van der Waals surface area contributed by atoms with Crippen molar-refractivity contribution in [3.8, 4) is 0 Å². The lowest BCUT2D eigenvalue weighted by atomic mass is 10.1. The Morgan fingerprint density at radius 3 is 2.36 bits per heavy atom. The van der Waals surface area contributed by atoms with Crippen LogP contribution >= 0.6 is 11.8 Å². The summed E-state index contributed by atoms with van der Waals surface area (Å²) in [6.07, 6.45) is 0.570. The van der Waals surface area contributed by atoms with Gasteiger partial charge in [-0.1, -0.05) is 72.4 Å². The van der Waals surface area contributed by atoms with E-state index in [-0.39, 0.29) is 5.12 Å². The van der Waals surface area contributed by atoms with Crippen LogP contribution in [0.25, 0.3) is 10.8 Å². The quantitative estimate of drug-likeness (QED) is 0.740. The summed E-state index contributed by atoms with van der Waals surface area (Å²) < 4.78 is 0. The van der Waals surface area contributed by atoms with E-state index in [9.17, 15) is 4.79 Å². The van der Waals surface area contributed by atoms with Gasteiger partial charge in [0.05, 0.1) is 6.04 Å². The Hall–Kier alpha value is -2.10. The normalized spacial score (nSPS) is 12.2. The molecule has 0 aromatic heterocycles. The van der Waals surface area contributed by atoms with E-state index in [4.69, 9.17) is 5.73 Å². The van der Waals surface area contributed by atoms with Crippen molar-refractivity contribution >= 4 is 27.6 Å². The highest BCUT2D eigenvalue weighted by atomic mass is 32.2. The van der Waals surface area contributed by atoms with Crippen LogP contribution in [0.1, 0.15) is 5.56 Å². The highest BCUT2D eigenvalue weighted by Gasteiger charge is 2.15. The smallest absolute Gasteiger partial charge is 0.210 e. The van der Waals surface area contributed by atoms with Gasteiger partial charge in [-0.15, -0.1) is 0 Å². The van der Waals surface area contributed by atoms with Gasteiger partial charge >= 0.3 is 0 Å². The molecule has 1 atom stereocenters. The van der Waals surface area contributed by atoms with Gasteiger partial charge < -0.3 is 5.73 Å². The summed E-state index contributed by atoms with van der Waals surface area (Å²) in [6, 6.07) is 23.5. The van der Waals surface area contributed by atoms with E-state index in [2.05, 4.69) is 6.07 Å². The van der Waals surface area contributed by atoms with Crippen molar-refractivity contribution in [3.05, 3.63) is 78.4 Å². The van der Waals surface area contributed by atoms with Crippen LogP contribution < -0.4 is 5.73 Å². The van der Waals surface area contributed by atoms with Crippen LogP contribution in [0.2, 0.25) is 0 Å². The zero-order valence-corrected chi connectivity index (χ0v) is 12.9. The van der Waals surface area contributed by atoms with Crippen LogP contribution in [0.5, 0.6) is 0 Å². The molecule has 3 heteroatoms. The van der Waals surface area contributed by atoms with Gasteiger partial charge in [0.25, 0.3) is 0 Å². The zero-order chi connectivity index (χ0) is 15.4. The third-order valence-electron chi connectivity index (χ3n) is 3.54. The highest BCUT2D eigenvalue weighted by molar-refractivity contribution is 8.13. The molecule has 0 radical (unpaired) electrons. The number of rotatable bonds is 4. The molecule has 22 heavy (non-hydrogen) atoms. The van der Waals surface area contributed by atoms with Crippen molar-refractivity contribution in [1.82, 2.24) is 0 Å². The molecule has 3 rings (SSSR count). The number of nitrogens with two attached hydrogens (primary N) is 1. The maximum Gasteiger partial charge on any atom is 0.210 e. The van der Waals surface area contributed by atoms with Crippen LogP contribution in [0.15, 0.2) is 77.7 Å². The maximum absolute atomic E-state index is 12.3. The fourth-order valence-corrected chi connectivity index (χ4v) is 3.16. The van der Waals surface area contributed by atoms with E-state index in [0.29, 0.717) is 6.42 Å². The summed E-state index contributed by atoms with van der Waals surface area (Å²) in [6.45, 7) is 0. The number of fused-ring (bicyclic) bond motifs is 1. The molecule has 2 N–H and O–H groups in total. The van der Waals surface area contributed by atoms with Crippen LogP contribution in [0.3, 0.4) is 0 Å². The monoisotopic (exact) mass is 307 g/mol. The lowest BCUT2D eigenvalue weighted by molar-refractivity contribution is -0.112. The van der Waals surface area contributed by atoms with Gasteiger partial charge in [-0.05, 0) is 34.9 Å². The van der Waals surface area contributed by atoms with Crippen molar-refractivity contribution < 1.29 is 4.79 Å². The topological polar surface area (TPSA) is 43.1 Å². The standard InChI is InChI=1S/C19H17NOS/c20-18(12-14-6-2-1-3-7-14)19(21)22-17-11-10-15-8-4-5-9-16(15)13-17/h1-11,13,18H,12,20H2/t18-/m0/s1. The molecule has 0 saturated carbocycles. The van der Waals surface area contributed by atoms with Gasteiger partial charge in [-0.2, -0.15) is 0 Å². The average molecular weight is 307 g/mol. The minimum Gasteiger partial charge on any atom is -0.320 e. The molecule has 0 aliphatic carbocycles. The van der Waals surface area contributed by atoms with E-state index in [1.165, 1.54) is 17.1 Å². The molecule has 0 heterocycles. The molecule has 2 nitrogen and oxygen atoms in total. The van der Waals surface area contributed by atoms with Crippen LogP contribution in [-0.2, 0) is 11.2 Å². The first kappa shape index (κ1) is 14.8. The number of benzene rings is 3. The van der Waals surface area contributed by atoms with Gasteiger partial charge in [-0.3, -0.25) is 4.79 Å². The minimum absolute atomic E-state index is 0.000802. The van der Waals surface area contributed by atoms with Gasteiger partial charge in [0.1, 0.15) is 0 Å². The van der Waals surface area contributed by atoms with Crippen LogP contribution in [0, 0.1) is 0 Å². The summed E-state index contributed by atoms with van der Waals surface area (Å²) in [7, 11) is 0. The molecular formula is C19H17NOS.